The zero-order valence-electron chi connectivity index (χ0n) is 18.0. The first-order chi connectivity index (χ1) is 14.3. The first-order valence-electron chi connectivity index (χ1n) is 11.6. The number of allylic oxidation sites excluding steroid dienone is 1. The van der Waals surface area contributed by atoms with E-state index in [1.165, 1.54) is 17.7 Å². The number of hydrogen-bond acceptors (Lipinski definition) is 2. The van der Waals surface area contributed by atoms with E-state index in [9.17, 15) is 14.0 Å². The molecule has 4 heteroatoms. The number of nitrogens with one attached hydrogen (secondary N) is 1. The van der Waals surface area contributed by atoms with Gasteiger partial charge in [-0.25, -0.2) is 4.39 Å². The Balaban J connectivity index is 1.37. The van der Waals surface area contributed by atoms with Crippen LogP contribution in [0.1, 0.15) is 65.2 Å². The van der Waals surface area contributed by atoms with Gasteiger partial charge in [0.1, 0.15) is 5.82 Å². The summed E-state index contributed by atoms with van der Waals surface area (Å²) in [6, 6.07) is 6.18. The zero-order chi connectivity index (χ0) is 21.1. The van der Waals surface area contributed by atoms with Crippen molar-refractivity contribution in [2.75, 3.05) is 5.32 Å². The van der Waals surface area contributed by atoms with Crippen molar-refractivity contribution >= 4 is 17.4 Å². The summed E-state index contributed by atoms with van der Waals surface area (Å²) < 4.78 is 13.5. The topological polar surface area (TPSA) is 46.2 Å². The van der Waals surface area contributed by atoms with Gasteiger partial charge in [-0.3, -0.25) is 9.59 Å². The first-order valence-corrected chi connectivity index (χ1v) is 11.6. The molecule has 0 heterocycles. The maximum atomic E-state index is 13.5. The molecule has 4 aliphatic carbocycles. The SMILES string of the molecule is C[C@]12CCC(=O)C=C1CCC1C2CC[C@@]2(C)C1CC[C@@H]2C(=O)Nc1cccc(F)c1. The predicted octanol–water partition coefficient (Wildman–Crippen LogP) is 5.91. The van der Waals surface area contributed by atoms with Crippen LogP contribution >= 0.6 is 0 Å². The Morgan fingerprint density at radius 1 is 1.07 bits per heavy atom. The summed E-state index contributed by atoms with van der Waals surface area (Å²) in [6.45, 7) is 4.72. The number of hydrogen-bond donors (Lipinski definition) is 1. The van der Waals surface area contributed by atoms with E-state index in [0.717, 1.165) is 44.9 Å². The lowest BCUT2D eigenvalue weighted by Crippen LogP contribution is -2.51. The van der Waals surface area contributed by atoms with Gasteiger partial charge in [-0.15, -0.1) is 0 Å². The molecule has 3 nitrogen and oxygen atoms in total. The number of rotatable bonds is 2. The normalized spacial score (nSPS) is 40.1. The number of ketones is 1. The molecular weight excluding hydrogens is 377 g/mol. The van der Waals surface area contributed by atoms with E-state index in [4.69, 9.17) is 0 Å². The summed E-state index contributed by atoms with van der Waals surface area (Å²) in [5.41, 5.74) is 2.12. The summed E-state index contributed by atoms with van der Waals surface area (Å²) in [5, 5.41) is 2.99. The second kappa shape index (κ2) is 7.03. The monoisotopic (exact) mass is 409 g/mol. The predicted molar refractivity (Wildman–Crippen MR) is 115 cm³/mol. The lowest BCUT2D eigenvalue weighted by atomic mass is 9.47. The Morgan fingerprint density at radius 3 is 2.70 bits per heavy atom. The molecule has 4 aliphatic rings. The van der Waals surface area contributed by atoms with E-state index in [-0.39, 0.29) is 28.5 Å². The van der Waals surface area contributed by atoms with E-state index >= 15 is 0 Å². The molecule has 0 saturated heterocycles. The van der Waals surface area contributed by atoms with E-state index in [1.807, 2.05) is 6.08 Å². The largest absolute Gasteiger partial charge is 0.326 e. The average Bonchev–Trinajstić information content (AvgIpc) is 3.06. The maximum absolute atomic E-state index is 13.5. The third-order valence-electron chi connectivity index (χ3n) is 9.37. The minimum absolute atomic E-state index is 0.00982. The molecule has 6 atom stereocenters. The van der Waals surface area contributed by atoms with E-state index < -0.39 is 0 Å². The average molecular weight is 410 g/mol. The molecular formula is C26H32FNO2. The van der Waals surface area contributed by atoms with E-state index in [0.29, 0.717) is 35.6 Å². The first kappa shape index (κ1) is 20.0. The molecule has 1 aromatic carbocycles. The van der Waals surface area contributed by atoms with E-state index in [1.54, 1.807) is 12.1 Å². The van der Waals surface area contributed by atoms with Gasteiger partial charge in [0, 0.05) is 18.0 Å². The highest BCUT2D eigenvalue weighted by molar-refractivity contribution is 5.93. The lowest BCUT2D eigenvalue weighted by Gasteiger charge is -2.58. The summed E-state index contributed by atoms with van der Waals surface area (Å²) in [5.74, 6) is 1.86. The third-order valence-corrected chi connectivity index (χ3v) is 9.37. The van der Waals surface area contributed by atoms with Crippen molar-refractivity contribution in [1.29, 1.82) is 0 Å². The summed E-state index contributed by atoms with van der Waals surface area (Å²) in [7, 11) is 0. The number of amides is 1. The minimum Gasteiger partial charge on any atom is -0.326 e. The summed E-state index contributed by atoms with van der Waals surface area (Å²) in [4.78, 5) is 25.2. The van der Waals surface area contributed by atoms with Crippen LogP contribution in [-0.4, -0.2) is 11.7 Å². The van der Waals surface area contributed by atoms with Crippen molar-refractivity contribution in [2.24, 2.45) is 34.5 Å². The fourth-order valence-corrected chi connectivity index (χ4v) is 7.79. The number of anilines is 1. The van der Waals surface area contributed by atoms with Crippen molar-refractivity contribution in [2.45, 2.75) is 65.2 Å². The van der Waals surface area contributed by atoms with Crippen LogP contribution in [0.15, 0.2) is 35.9 Å². The molecule has 3 fully saturated rings. The van der Waals surface area contributed by atoms with Crippen LogP contribution in [-0.2, 0) is 9.59 Å². The smallest absolute Gasteiger partial charge is 0.228 e. The molecule has 1 amide bonds. The van der Waals surface area contributed by atoms with Gasteiger partial charge in [0.25, 0.3) is 0 Å². The Hall–Kier alpha value is -1.97. The molecule has 0 bridgehead atoms. The van der Waals surface area contributed by atoms with Crippen LogP contribution in [0.3, 0.4) is 0 Å². The minimum atomic E-state index is -0.325. The Kier molecular flexibility index (Phi) is 4.68. The Bertz CT molecular complexity index is 923. The molecule has 1 aromatic rings. The highest BCUT2D eigenvalue weighted by Gasteiger charge is 2.60. The number of halogens is 1. The lowest BCUT2D eigenvalue weighted by molar-refractivity contribution is -0.127. The molecule has 0 aromatic heterocycles. The standard InChI is InChI=1S/C26H32FNO2/c1-25-12-10-19(29)14-16(25)6-7-20-21-8-9-23(26(21,2)13-11-22(20)25)24(30)28-18-5-3-4-17(27)15-18/h3-5,14-15,20-23H,6-13H2,1-2H3,(H,28,30)/t20?,21?,22?,23-,25+,26+/m1/s1. The number of carbonyl (C=O) groups is 2. The molecule has 0 aliphatic heterocycles. The van der Waals surface area contributed by atoms with Crippen LogP contribution in [0.25, 0.3) is 0 Å². The van der Waals surface area contributed by atoms with Gasteiger partial charge in [-0.2, -0.15) is 0 Å². The molecule has 0 spiro atoms. The van der Waals surface area contributed by atoms with Crippen LogP contribution < -0.4 is 5.32 Å². The second-order valence-corrected chi connectivity index (χ2v) is 10.6. The Labute approximate surface area is 178 Å². The molecule has 3 unspecified atom stereocenters. The molecule has 3 saturated carbocycles. The van der Waals surface area contributed by atoms with Crippen molar-refractivity contribution in [1.82, 2.24) is 0 Å². The third kappa shape index (κ3) is 2.98. The second-order valence-electron chi connectivity index (χ2n) is 10.6. The van der Waals surface area contributed by atoms with Gasteiger partial charge in [0.2, 0.25) is 5.91 Å². The van der Waals surface area contributed by atoms with Gasteiger partial charge in [-0.05, 0) is 97.8 Å². The summed E-state index contributed by atoms with van der Waals surface area (Å²) in [6.07, 6.45) is 10.1. The van der Waals surface area contributed by atoms with Crippen molar-refractivity contribution in [3.63, 3.8) is 0 Å². The van der Waals surface area contributed by atoms with Gasteiger partial charge >= 0.3 is 0 Å². The van der Waals surface area contributed by atoms with Crippen LogP contribution in [0, 0.1) is 40.3 Å². The highest BCUT2D eigenvalue weighted by Crippen LogP contribution is 2.66. The molecule has 5 rings (SSSR count). The van der Waals surface area contributed by atoms with Crippen molar-refractivity contribution in [3.05, 3.63) is 41.7 Å². The molecule has 160 valence electrons. The number of carbonyl (C=O) groups excluding carboxylic acids is 2. The summed E-state index contributed by atoms with van der Waals surface area (Å²) >= 11 is 0. The molecule has 0 radical (unpaired) electrons. The Morgan fingerprint density at radius 2 is 1.90 bits per heavy atom. The number of benzene rings is 1. The fourth-order valence-electron chi connectivity index (χ4n) is 7.79. The zero-order valence-corrected chi connectivity index (χ0v) is 18.0. The van der Waals surface area contributed by atoms with Crippen LogP contribution in [0.5, 0.6) is 0 Å². The highest BCUT2D eigenvalue weighted by atomic mass is 19.1. The van der Waals surface area contributed by atoms with Crippen LogP contribution in [0.2, 0.25) is 0 Å². The van der Waals surface area contributed by atoms with E-state index in [2.05, 4.69) is 19.2 Å². The fraction of sp³-hybridized carbons (Fsp3) is 0.615. The maximum Gasteiger partial charge on any atom is 0.228 e. The molecule has 1 N–H and O–H groups in total. The van der Waals surface area contributed by atoms with Gasteiger partial charge in [-0.1, -0.05) is 25.5 Å². The molecule has 30 heavy (non-hydrogen) atoms. The van der Waals surface area contributed by atoms with Gasteiger partial charge in [0.05, 0.1) is 0 Å². The van der Waals surface area contributed by atoms with Crippen LogP contribution in [0.4, 0.5) is 10.1 Å². The van der Waals surface area contributed by atoms with Gasteiger partial charge < -0.3 is 5.32 Å². The van der Waals surface area contributed by atoms with Crippen molar-refractivity contribution < 1.29 is 14.0 Å². The number of fused-ring (bicyclic) bond motifs is 5. The van der Waals surface area contributed by atoms with Gasteiger partial charge in [0.15, 0.2) is 5.78 Å². The quantitative estimate of drug-likeness (QED) is 0.660. The van der Waals surface area contributed by atoms with Crippen molar-refractivity contribution in [3.8, 4) is 0 Å².